The zero-order chi connectivity index (χ0) is 11.4. The van der Waals surface area contributed by atoms with Gasteiger partial charge in [0.1, 0.15) is 0 Å². The molecule has 0 aromatic carbocycles. The minimum atomic E-state index is 0.710. The lowest BCUT2D eigenvalue weighted by molar-refractivity contribution is 0.427. The van der Waals surface area contributed by atoms with Crippen LogP contribution in [-0.4, -0.2) is 25.1 Å². The van der Waals surface area contributed by atoms with Gasteiger partial charge < -0.3 is 10.2 Å². The van der Waals surface area contributed by atoms with E-state index in [0.29, 0.717) is 6.04 Å². The van der Waals surface area contributed by atoms with Crippen LogP contribution in [0.2, 0.25) is 0 Å². The van der Waals surface area contributed by atoms with E-state index in [1.807, 2.05) is 24.6 Å². The Balaban J connectivity index is 1.98. The van der Waals surface area contributed by atoms with Gasteiger partial charge in [-0.1, -0.05) is 19.3 Å². The van der Waals surface area contributed by atoms with Crippen molar-refractivity contribution in [2.24, 2.45) is 0 Å². The van der Waals surface area contributed by atoms with E-state index in [1.54, 1.807) is 0 Å². The first-order chi connectivity index (χ1) is 7.81. The van der Waals surface area contributed by atoms with E-state index in [9.17, 15) is 0 Å². The number of hydrogen-bond acceptors (Lipinski definition) is 4. The number of rotatable bonds is 4. The fourth-order valence-corrected chi connectivity index (χ4v) is 3.30. The normalized spacial score (nSPS) is 17.6. The first kappa shape index (κ1) is 11.9. The summed E-state index contributed by atoms with van der Waals surface area (Å²) >= 11 is 1.81. The molecule has 16 heavy (non-hydrogen) atoms. The van der Waals surface area contributed by atoms with Crippen molar-refractivity contribution in [2.45, 2.75) is 44.7 Å². The molecule has 0 aliphatic heterocycles. The van der Waals surface area contributed by atoms with E-state index < -0.39 is 0 Å². The molecule has 1 N–H and O–H groups in total. The van der Waals surface area contributed by atoms with Crippen molar-refractivity contribution in [1.29, 1.82) is 0 Å². The van der Waals surface area contributed by atoms with Gasteiger partial charge >= 0.3 is 0 Å². The first-order valence-corrected chi connectivity index (χ1v) is 6.95. The fraction of sp³-hybridized carbons (Fsp3) is 0.750. The summed E-state index contributed by atoms with van der Waals surface area (Å²) in [5, 5.41) is 4.35. The SMILES string of the molecule is CNCc1cnc(N(C)C2CCCCC2)s1. The van der Waals surface area contributed by atoms with Crippen molar-refractivity contribution < 1.29 is 0 Å². The predicted molar refractivity (Wildman–Crippen MR) is 70.2 cm³/mol. The number of thiazole rings is 1. The Bertz CT molecular complexity index is 318. The summed E-state index contributed by atoms with van der Waals surface area (Å²) in [5.74, 6) is 0. The van der Waals surface area contributed by atoms with Crippen molar-refractivity contribution in [3.63, 3.8) is 0 Å². The largest absolute Gasteiger partial charge is 0.348 e. The third-order valence-electron chi connectivity index (χ3n) is 3.32. The molecular formula is C12H21N3S. The van der Waals surface area contributed by atoms with Crippen LogP contribution in [0.15, 0.2) is 6.20 Å². The van der Waals surface area contributed by atoms with Gasteiger partial charge in [-0.2, -0.15) is 0 Å². The van der Waals surface area contributed by atoms with Crippen molar-refractivity contribution in [1.82, 2.24) is 10.3 Å². The maximum Gasteiger partial charge on any atom is 0.185 e. The van der Waals surface area contributed by atoms with Gasteiger partial charge in [-0.3, -0.25) is 0 Å². The Morgan fingerprint density at radius 3 is 2.88 bits per heavy atom. The number of nitrogens with one attached hydrogen (secondary N) is 1. The molecule has 0 spiro atoms. The van der Waals surface area contributed by atoms with E-state index in [2.05, 4.69) is 22.2 Å². The molecule has 0 radical (unpaired) electrons. The molecule has 0 atom stereocenters. The van der Waals surface area contributed by atoms with Gasteiger partial charge in [-0.15, -0.1) is 11.3 Å². The molecule has 0 unspecified atom stereocenters. The molecule has 90 valence electrons. The lowest BCUT2D eigenvalue weighted by atomic mass is 9.95. The zero-order valence-corrected chi connectivity index (χ0v) is 11.0. The highest BCUT2D eigenvalue weighted by Crippen LogP contribution is 2.28. The van der Waals surface area contributed by atoms with Crippen LogP contribution in [0.25, 0.3) is 0 Å². The molecule has 4 heteroatoms. The Morgan fingerprint density at radius 1 is 1.44 bits per heavy atom. The molecule has 3 nitrogen and oxygen atoms in total. The Morgan fingerprint density at radius 2 is 2.19 bits per heavy atom. The van der Waals surface area contributed by atoms with Gasteiger partial charge in [0.25, 0.3) is 0 Å². The lowest BCUT2D eigenvalue weighted by Gasteiger charge is -2.30. The van der Waals surface area contributed by atoms with Crippen LogP contribution in [0.1, 0.15) is 37.0 Å². The van der Waals surface area contributed by atoms with Crippen LogP contribution >= 0.6 is 11.3 Å². The lowest BCUT2D eigenvalue weighted by Crippen LogP contribution is -2.33. The highest BCUT2D eigenvalue weighted by atomic mass is 32.1. The number of nitrogens with zero attached hydrogens (tertiary/aromatic N) is 2. The van der Waals surface area contributed by atoms with Crippen LogP contribution < -0.4 is 10.2 Å². The summed E-state index contributed by atoms with van der Waals surface area (Å²) in [6, 6.07) is 0.710. The highest BCUT2D eigenvalue weighted by molar-refractivity contribution is 7.15. The fourth-order valence-electron chi connectivity index (χ4n) is 2.34. The molecule has 0 bridgehead atoms. The molecule has 1 aliphatic rings. The molecule has 1 heterocycles. The molecule has 2 rings (SSSR count). The highest BCUT2D eigenvalue weighted by Gasteiger charge is 2.20. The second kappa shape index (κ2) is 5.64. The van der Waals surface area contributed by atoms with Crippen LogP contribution in [0.3, 0.4) is 0 Å². The Labute approximate surface area is 102 Å². The van der Waals surface area contributed by atoms with E-state index in [4.69, 9.17) is 0 Å². The van der Waals surface area contributed by atoms with E-state index in [1.165, 1.54) is 42.1 Å². The van der Waals surface area contributed by atoms with Gasteiger partial charge in [-0.25, -0.2) is 4.98 Å². The molecule has 1 fully saturated rings. The maximum absolute atomic E-state index is 4.51. The summed E-state index contributed by atoms with van der Waals surface area (Å²) in [4.78, 5) is 8.21. The summed E-state index contributed by atoms with van der Waals surface area (Å²) < 4.78 is 0. The predicted octanol–water partition coefficient (Wildman–Crippen LogP) is 2.63. The van der Waals surface area contributed by atoms with Gasteiger partial charge in [0, 0.05) is 30.7 Å². The molecular weight excluding hydrogens is 218 g/mol. The summed E-state index contributed by atoms with van der Waals surface area (Å²) in [6.07, 6.45) is 8.82. The Kier molecular flexibility index (Phi) is 4.18. The number of aromatic nitrogens is 1. The van der Waals surface area contributed by atoms with Crippen molar-refractivity contribution in [3.8, 4) is 0 Å². The quantitative estimate of drug-likeness (QED) is 0.875. The van der Waals surface area contributed by atoms with Crippen LogP contribution in [0.4, 0.5) is 5.13 Å². The van der Waals surface area contributed by atoms with Crippen molar-refractivity contribution in [3.05, 3.63) is 11.1 Å². The van der Waals surface area contributed by atoms with Gasteiger partial charge in [0.15, 0.2) is 5.13 Å². The zero-order valence-electron chi connectivity index (χ0n) is 10.2. The van der Waals surface area contributed by atoms with Crippen LogP contribution in [-0.2, 0) is 6.54 Å². The molecule has 1 saturated carbocycles. The second-order valence-corrected chi connectivity index (χ2v) is 5.64. The first-order valence-electron chi connectivity index (χ1n) is 6.13. The van der Waals surface area contributed by atoms with E-state index >= 15 is 0 Å². The van der Waals surface area contributed by atoms with E-state index in [-0.39, 0.29) is 0 Å². The number of hydrogen-bond donors (Lipinski definition) is 1. The molecule has 1 aliphatic carbocycles. The summed E-state index contributed by atoms with van der Waals surface area (Å²) in [6.45, 7) is 0.927. The Hall–Kier alpha value is -0.610. The average Bonchev–Trinajstić information content (AvgIpc) is 2.78. The minimum absolute atomic E-state index is 0.710. The monoisotopic (exact) mass is 239 g/mol. The van der Waals surface area contributed by atoms with Gasteiger partial charge in [-0.05, 0) is 19.9 Å². The minimum Gasteiger partial charge on any atom is -0.348 e. The van der Waals surface area contributed by atoms with E-state index in [0.717, 1.165) is 6.54 Å². The summed E-state index contributed by atoms with van der Waals surface area (Å²) in [7, 11) is 4.17. The maximum atomic E-state index is 4.51. The third-order valence-corrected chi connectivity index (χ3v) is 4.40. The average molecular weight is 239 g/mol. The molecule has 1 aromatic rings. The van der Waals surface area contributed by atoms with Crippen LogP contribution in [0.5, 0.6) is 0 Å². The second-order valence-electron chi connectivity index (χ2n) is 4.54. The topological polar surface area (TPSA) is 28.2 Å². The molecule has 0 amide bonds. The molecule has 0 saturated heterocycles. The summed E-state index contributed by atoms with van der Waals surface area (Å²) in [5.41, 5.74) is 0. The van der Waals surface area contributed by atoms with Crippen molar-refractivity contribution in [2.75, 3.05) is 19.0 Å². The smallest absolute Gasteiger partial charge is 0.185 e. The standard InChI is InChI=1S/C12H21N3S/c1-13-8-11-9-14-12(16-11)15(2)10-6-4-3-5-7-10/h9-10,13H,3-8H2,1-2H3. The molecule has 1 aromatic heterocycles. The van der Waals surface area contributed by atoms with Gasteiger partial charge in [0.05, 0.1) is 0 Å². The van der Waals surface area contributed by atoms with Gasteiger partial charge in [0.2, 0.25) is 0 Å². The third kappa shape index (κ3) is 2.74. The number of anilines is 1. The van der Waals surface area contributed by atoms with Crippen molar-refractivity contribution >= 4 is 16.5 Å². The van der Waals surface area contributed by atoms with Crippen LogP contribution in [0, 0.1) is 0 Å².